The fraction of sp³-hybridized carbons (Fsp3) is 0.692. The topological polar surface area (TPSA) is 88.7 Å². The summed E-state index contributed by atoms with van der Waals surface area (Å²) in [4.78, 5) is 24.1. The Balaban J connectivity index is 1.60. The van der Waals surface area contributed by atoms with Gasteiger partial charge in [-0.3, -0.25) is 0 Å². The summed E-state index contributed by atoms with van der Waals surface area (Å²) >= 11 is 0. The van der Waals surface area contributed by atoms with Crippen molar-refractivity contribution >= 4 is 12.2 Å². The molecule has 1 saturated carbocycles. The predicted octanol–water partition coefficient (Wildman–Crippen LogP) is 5.15. The number of carbonyl (C=O) groups is 2. The van der Waals surface area contributed by atoms with Gasteiger partial charge in [0, 0.05) is 19.1 Å². The van der Waals surface area contributed by atoms with E-state index >= 15 is 0 Å². The largest absolute Gasteiger partial charge is 0.445 e. The highest BCUT2D eigenvalue weighted by Gasteiger charge is 2.23. The third kappa shape index (κ3) is 13.1. The number of amides is 2. The molecule has 0 radical (unpaired) electrons. The van der Waals surface area contributed by atoms with E-state index in [0.717, 1.165) is 37.9 Å². The Hall–Kier alpha value is -2.28. The fourth-order valence-electron chi connectivity index (χ4n) is 4.11. The number of alkyl carbamates (subject to hydrolysis) is 2. The van der Waals surface area contributed by atoms with E-state index in [9.17, 15) is 9.59 Å². The molecule has 7 heteroatoms. The Kier molecular flexibility index (Phi) is 12.1. The minimum absolute atomic E-state index is 0.0639. The van der Waals surface area contributed by atoms with Crippen LogP contribution >= 0.6 is 0 Å². The molecular formula is C26H43N3O4. The molecule has 3 N–H and O–H groups in total. The second-order valence-electron chi connectivity index (χ2n) is 9.98. The van der Waals surface area contributed by atoms with Crippen LogP contribution in [-0.2, 0) is 16.1 Å². The third-order valence-electron chi connectivity index (χ3n) is 5.72. The molecule has 0 saturated heterocycles. The summed E-state index contributed by atoms with van der Waals surface area (Å²) in [5.74, 6) is 0.673. The van der Waals surface area contributed by atoms with Crippen LogP contribution in [-0.4, -0.2) is 43.5 Å². The number of nitrogens with one attached hydrogen (secondary N) is 3. The molecule has 1 aromatic rings. The lowest BCUT2D eigenvalue weighted by Gasteiger charge is -2.28. The lowest BCUT2D eigenvalue weighted by atomic mass is 9.85. The van der Waals surface area contributed by atoms with Crippen molar-refractivity contribution in [3.63, 3.8) is 0 Å². The summed E-state index contributed by atoms with van der Waals surface area (Å²) in [6.07, 6.45) is 8.45. The molecule has 1 aliphatic carbocycles. The smallest absolute Gasteiger partial charge is 0.407 e. The van der Waals surface area contributed by atoms with Crippen molar-refractivity contribution in [3.05, 3.63) is 35.9 Å². The first kappa shape index (κ1) is 27.0. The molecule has 1 aromatic carbocycles. The summed E-state index contributed by atoms with van der Waals surface area (Å²) in [6.45, 7) is 8.06. The first-order valence-electron chi connectivity index (χ1n) is 12.5. The van der Waals surface area contributed by atoms with Gasteiger partial charge in [0.15, 0.2) is 0 Å². The van der Waals surface area contributed by atoms with E-state index < -0.39 is 5.60 Å². The van der Waals surface area contributed by atoms with Gasteiger partial charge >= 0.3 is 12.2 Å². The highest BCUT2D eigenvalue weighted by molar-refractivity contribution is 5.68. The van der Waals surface area contributed by atoms with Gasteiger partial charge in [-0.15, -0.1) is 0 Å². The Labute approximate surface area is 199 Å². The van der Waals surface area contributed by atoms with Crippen LogP contribution in [0.4, 0.5) is 9.59 Å². The minimum atomic E-state index is -0.498. The van der Waals surface area contributed by atoms with Crippen molar-refractivity contribution in [2.45, 2.75) is 90.4 Å². The van der Waals surface area contributed by atoms with Gasteiger partial charge in [0.25, 0.3) is 0 Å². The molecule has 186 valence electrons. The summed E-state index contributed by atoms with van der Waals surface area (Å²) in [6, 6.07) is 9.70. The van der Waals surface area contributed by atoms with Crippen LogP contribution < -0.4 is 16.0 Å². The summed E-state index contributed by atoms with van der Waals surface area (Å²) < 4.78 is 10.7. The average Bonchev–Trinajstić information content (AvgIpc) is 2.77. The predicted molar refractivity (Wildman–Crippen MR) is 131 cm³/mol. The van der Waals surface area contributed by atoms with Crippen molar-refractivity contribution in [1.82, 2.24) is 16.0 Å². The minimum Gasteiger partial charge on any atom is -0.445 e. The summed E-state index contributed by atoms with van der Waals surface area (Å²) in [7, 11) is 0. The molecule has 2 amide bonds. The van der Waals surface area contributed by atoms with Crippen LogP contribution in [0.3, 0.4) is 0 Å². The normalized spacial score (nSPS) is 15.5. The molecule has 0 spiro atoms. The average molecular weight is 462 g/mol. The first-order chi connectivity index (χ1) is 15.8. The molecule has 1 fully saturated rings. The second-order valence-corrected chi connectivity index (χ2v) is 9.98. The van der Waals surface area contributed by atoms with E-state index in [2.05, 4.69) is 16.0 Å². The molecule has 33 heavy (non-hydrogen) atoms. The maximum atomic E-state index is 12.3. The van der Waals surface area contributed by atoms with Gasteiger partial charge in [0.05, 0.1) is 0 Å². The van der Waals surface area contributed by atoms with Crippen molar-refractivity contribution in [1.29, 1.82) is 0 Å². The van der Waals surface area contributed by atoms with Gasteiger partial charge < -0.3 is 25.4 Å². The van der Waals surface area contributed by atoms with Crippen molar-refractivity contribution in [2.75, 3.05) is 19.6 Å². The van der Waals surface area contributed by atoms with Gasteiger partial charge in [-0.25, -0.2) is 9.59 Å². The van der Waals surface area contributed by atoms with Crippen LogP contribution in [0.25, 0.3) is 0 Å². The first-order valence-corrected chi connectivity index (χ1v) is 12.5. The zero-order chi connectivity index (χ0) is 23.9. The number of hydrogen-bond acceptors (Lipinski definition) is 5. The molecule has 0 unspecified atom stereocenters. The van der Waals surface area contributed by atoms with Gasteiger partial charge in [-0.05, 0) is 58.1 Å². The van der Waals surface area contributed by atoms with E-state index in [-0.39, 0.29) is 24.8 Å². The van der Waals surface area contributed by atoms with E-state index in [1.165, 1.54) is 32.1 Å². The zero-order valence-corrected chi connectivity index (χ0v) is 20.7. The molecule has 0 bridgehead atoms. The standard InChI is InChI=1S/C26H43N3O4/c1-26(2,3)33-25(31)29-23(18-21-12-6-4-7-13-21)19-27-16-10-11-17-28-24(30)32-20-22-14-8-5-9-15-22/h5,8-9,14-15,21,23,27H,4,6-7,10-13,16-20H2,1-3H3,(H,28,30)(H,29,31)/t23-/m0/s1. The molecule has 0 aromatic heterocycles. The van der Waals surface area contributed by atoms with E-state index in [4.69, 9.17) is 9.47 Å². The van der Waals surface area contributed by atoms with E-state index in [1.807, 2.05) is 51.1 Å². The zero-order valence-electron chi connectivity index (χ0n) is 20.7. The van der Waals surface area contributed by atoms with Crippen LogP contribution in [0.5, 0.6) is 0 Å². The Morgan fingerprint density at radius 1 is 1.00 bits per heavy atom. The number of unbranched alkanes of at least 4 members (excludes halogenated alkanes) is 1. The molecule has 1 aliphatic rings. The number of benzene rings is 1. The fourth-order valence-corrected chi connectivity index (χ4v) is 4.11. The molecule has 2 rings (SSSR count). The number of carbonyl (C=O) groups excluding carboxylic acids is 2. The van der Waals surface area contributed by atoms with Crippen LogP contribution in [0.1, 0.15) is 77.7 Å². The lowest BCUT2D eigenvalue weighted by molar-refractivity contribution is 0.0494. The van der Waals surface area contributed by atoms with E-state index in [0.29, 0.717) is 12.5 Å². The van der Waals surface area contributed by atoms with Crippen LogP contribution in [0.15, 0.2) is 30.3 Å². The Morgan fingerprint density at radius 2 is 1.70 bits per heavy atom. The van der Waals surface area contributed by atoms with Gasteiger partial charge in [0.2, 0.25) is 0 Å². The van der Waals surface area contributed by atoms with Gasteiger partial charge in [-0.1, -0.05) is 62.4 Å². The number of ether oxygens (including phenoxy) is 2. The monoisotopic (exact) mass is 461 g/mol. The molecular weight excluding hydrogens is 418 g/mol. The molecule has 0 heterocycles. The van der Waals surface area contributed by atoms with Crippen molar-refractivity contribution < 1.29 is 19.1 Å². The lowest BCUT2D eigenvalue weighted by Crippen LogP contribution is -2.45. The summed E-state index contributed by atoms with van der Waals surface area (Å²) in [5.41, 5.74) is 0.474. The summed E-state index contributed by atoms with van der Waals surface area (Å²) in [5, 5.41) is 9.32. The maximum absolute atomic E-state index is 12.3. The Bertz CT molecular complexity index is 685. The SMILES string of the molecule is CC(C)(C)OC(=O)N[C@H](CNCCCCNC(=O)OCc1ccccc1)CC1CCCCC1. The number of rotatable bonds is 12. The van der Waals surface area contributed by atoms with Gasteiger partial charge in [-0.2, -0.15) is 0 Å². The second kappa shape index (κ2) is 14.8. The van der Waals surface area contributed by atoms with Gasteiger partial charge in [0.1, 0.15) is 12.2 Å². The molecule has 1 atom stereocenters. The quantitative estimate of drug-likeness (QED) is 0.375. The highest BCUT2D eigenvalue weighted by Crippen LogP contribution is 2.27. The van der Waals surface area contributed by atoms with Crippen LogP contribution in [0, 0.1) is 5.92 Å². The van der Waals surface area contributed by atoms with E-state index in [1.54, 1.807) is 0 Å². The highest BCUT2D eigenvalue weighted by atomic mass is 16.6. The van der Waals surface area contributed by atoms with Crippen molar-refractivity contribution in [3.8, 4) is 0 Å². The third-order valence-corrected chi connectivity index (χ3v) is 5.72. The van der Waals surface area contributed by atoms with Crippen molar-refractivity contribution in [2.24, 2.45) is 5.92 Å². The molecule has 0 aliphatic heterocycles. The van der Waals surface area contributed by atoms with Crippen LogP contribution in [0.2, 0.25) is 0 Å². The maximum Gasteiger partial charge on any atom is 0.407 e. The number of hydrogen-bond donors (Lipinski definition) is 3. The Morgan fingerprint density at radius 3 is 2.39 bits per heavy atom. The molecule has 7 nitrogen and oxygen atoms in total.